The van der Waals surface area contributed by atoms with E-state index in [9.17, 15) is 4.79 Å². The summed E-state index contributed by atoms with van der Waals surface area (Å²) in [5.74, 6) is 2.06. The van der Waals surface area contributed by atoms with Gasteiger partial charge in [-0.15, -0.1) is 5.10 Å². The number of nitrogens with zero attached hydrogens (tertiary/aromatic N) is 5. The van der Waals surface area contributed by atoms with Gasteiger partial charge in [0, 0.05) is 29.6 Å². The van der Waals surface area contributed by atoms with Crippen molar-refractivity contribution in [2.24, 2.45) is 0 Å². The topological polar surface area (TPSA) is 98.2 Å². The van der Waals surface area contributed by atoms with Gasteiger partial charge in [-0.3, -0.25) is 9.69 Å². The van der Waals surface area contributed by atoms with Gasteiger partial charge in [-0.25, -0.2) is 4.68 Å². The van der Waals surface area contributed by atoms with E-state index in [1.165, 1.54) is 12.8 Å². The Morgan fingerprint density at radius 3 is 2.48 bits per heavy atom. The van der Waals surface area contributed by atoms with Crippen LogP contribution in [-0.4, -0.2) is 50.4 Å². The van der Waals surface area contributed by atoms with Crippen molar-refractivity contribution in [3.05, 3.63) is 39.9 Å². The lowest BCUT2D eigenvalue weighted by atomic mass is 10.0. The summed E-state index contributed by atoms with van der Waals surface area (Å²) in [6, 6.07) is 6.06. The van der Waals surface area contributed by atoms with E-state index < -0.39 is 0 Å². The highest BCUT2D eigenvalue weighted by atomic mass is 16.5. The molecular formula is C24H34N6O3. The molecule has 1 aliphatic rings. The van der Waals surface area contributed by atoms with E-state index in [4.69, 9.17) is 9.47 Å². The second kappa shape index (κ2) is 9.51. The Kier molecular flexibility index (Phi) is 6.69. The van der Waals surface area contributed by atoms with Crippen molar-refractivity contribution < 1.29 is 9.47 Å². The van der Waals surface area contributed by atoms with Gasteiger partial charge in [0.25, 0.3) is 5.56 Å². The van der Waals surface area contributed by atoms with Crippen molar-refractivity contribution >= 4 is 10.9 Å². The highest BCUT2D eigenvalue weighted by Gasteiger charge is 2.29. The van der Waals surface area contributed by atoms with Gasteiger partial charge >= 0.3 is 0 Å². The molecule has 0 unspecified atom stereocenters. The summed E-state index contributed by atoms with van der Waals surface area (Å²) in [5, 5.41) is 13.5. The van der Waals surface area contributed by atoms with Gasteiger partial charge in [0.1, 0.15) is 0 Å². The van der Waals surface area contributed by atoms with Crippen LogP contribution in [-0.2, 0) is 18.6 Å². The molecule has 1 fully saturated rings. The summed E-state index contributed by atoms with van der Waals surface area (Å²) in [4.78, 5) is 18.4. The number of fused-ring (bicyclic) bond motifs is 1. The first-order valence-corrected chi connectivity index (χ1v) is 11.7. The fourth-order valence-corrected chi connectivity index (χ4v) is 4.60. The summed E-state index contributed by atoms with van der Waals surface area (Å²) in [6.07, 6.45) is 5.57. The summed E-state index contributed by atoms with van der Waals surface area (Å²) in [5.41, 5.74) is 1.18. The lowest BCUT2D eigenvalue weighted by Gasteiger charge is -2.30. The maximum absolute atomic E-state index is 13.0. The van der Waals surface area contributed by atoms with Crippen molar-refractivity contribution in [3.63, 3.8) is 0 Å². The smallest absolute Gasteiger partial charge is 0.252 e. The van der Waals surface area contributed by atoms with E-state index in [1.807, 2.05) is 16.8 Å². The van der Waals surface area contributed by atoms with Crippen LogP contribution < -0.4 is 15.0 Å². The summed E-state index contributed by atoms with van der Waals surface area (Å²) < 4.78 is 12.8. The van der Waals surface area contributed by atoms with Crippen LogP contribution in [0.2, 0.25) is 0 Å². The molecule has 0 bridgehead atoms. The van der Waals surface area contributed by atoms with Crippen LogP contribution in [0.4, 0.5) is 0 Å². The van der Waals surface area contributed by atoms with Crippen LogP contribution in [0.5, 0.6) is 11.5 Å². The molecule has 0 radical (unpaired) electrons. The number of hydrogen-bond donors (Lipinski definition) is 1. The van der Waals surface area contributed by atoms with E-state index in [0.29, 0.717) is 30.6 Å². The molecule has 9 heteroatoms. The highest BCUT2D eigenvalue weighted by Crippen LogP contribution is 2.32. The molecule has 1 N–H and O–H groups in total. The van der Waals surface area contributed by atoms with Gasteiger partial charge in [-0.2, -0.15) is 0 Å². The quantitative estimate of drug-likeness (QED) is 0.527. The van der Waals surface area contributed by atoms with Crippen molar-refractivity contribution in [2.75, 3.05) is 14.2 Å². The standard InChI is InChI=1S/C24H34N6O3/c1-6-24(2,3)30-22(26-27-28-30)15-29(18-9-7-8-10-18)14-17-11-16-12-20(32-4)21(33-5)13-19(16)25-23(17)31/h11-13,18H,6-10,14-15H2,1-5H3,(H,25,31). The van der Waals surface area contributed by atoms with E-state index in [1.54, 1.807) is 20.3 Å². The summed E-state index contributed by atoms with van der Waals surface area (Å²) >= 11 is 0. The van der Waals surface area contributed by atoms with E-state index in [-0.39, 0.29) is 11.1 Å². The number of pyridine rings is 1. The number of hydrogen-bond acceptors (Lipinski definition) is 7. The van der Waals surface area contributed by atoms with Crippen molar-refractivity contribution in [1.82, 2.24) is 30.1 Å². The first kappa shape index (κ1) is 23.2. The van der Waals surface area contributed by atoms with Crippen molar-refractivity contribution in [2.45, 2.75) is 77.5 Å². The number of aromatic amines is 1. The van der Waals surface area contributed by atoms with E-state index in [0.717, 1.165) is 41.6 Å². The fourth-order valence-electron chi connectivity index (χ4n) is 4.60. The van der Waals surface area contributed by atoms with Crippen LogP contribution in [0.15, 0.2) is 23.0 Å². The third-order valence-electron chi connectivity index (χ3n) is 6.96. The second-order valence-corrected chi connectivity index (χ2v) is 9.43. The van der Waals surface area contributed by atoms with Crippen LogP contribution >= 0.6 is 0 Å². The number of H-pyrrole nitrogens is 1. The van der Waals surface area contributed by atoms with Gasteiger partial charge < -0.3 is 14.5 Å². The lowest BCUT2D eigenvalue weighted by Crippen LogP contribution is -2.37. The zero-order chi connectivity index (χ0) is 23.6. The average molecular weight is 455 g/mol. The molecule has 33 heavy (non-hydrogen) atoms. The van der Waals surface area contributed by atoms with Crippen molar-refractivity contribution in [3.8, 4) is 11.5 Å². The fraction of sp³-hybridized carbons (Fsp3) is 0.583. The number of rotatable bonds is 9. The lowest BCUT2D eigenvalue weighted by molar-refractivity contribution is 0.164. The first-order chi connectivity index (χ1) is 15.9. The van der Waals surface area contributed by atoms with Crippen LogP contribution in [0.1, 0.15) is 64.3 Å². The molecule has 4 rings (SSSR count). The van der Waals surface area contributed by atoms with Crippen LogP contribution in [0.3, 0.4) is 0 Å². The maximum Gasteiger partial charge on any atom is 0.252 e. The van der Waals surface area contributed by atoms with Gasteiger partial charge in [0.05, 0.1) is 31.8 Å². The summed E-state index contributed by atoms with van der Waals surface area (Å²) in [7, 11) is 3.20. The largest absolute Gasteiger partial charge is 0.493 e. The Morgan fingerprint density at radius 1 is 1.12 bits per heavy atom. The highest BCUT2D eigenvalue weighted by molar-refractivity contribution is 5.83. The zero-order valence-electron chi connectivity index (χ0n) is 20.2. The SMILES string of the molecule is CCC(C)(C)n1nnnc1CN(Cc1cc2cc(OC)c(OC)cc2[nH]c1=O)C1CCCC1. The molecule has 1 aromatic carbocycles. The number of benzene rings is 1. The molecule has 0 aliphatic heterocycles. The number of ether oxygens (including phenoxy) is 2. The number of methoxy groups -OCH3 is 2. The molecule has 2 aromatic heterocycles. The van der Waals surface area contributed by atoms with Crippen LogP contribution in [0.25, 0.3) is 10.9 Å². The number of tetrazole rings is 1. The molecule has 1 aliphatic carbocycles. The second-order valence-electron chi connectivity index (χ2n) is 9.43. The molecule has 178 valence electrons. The average Bonchev–Trinajstić information content (AvgIpc) is 3.51. The first-order valence-electron chi connectivity index (χ1n) is 11.7. The zero-order valence-corrected chi connectivity index (χ0v) is 20.2. The minimum absolute atomic E-state index is 0.0915. The minimum Gasteiger partial charge on any atom is -0.493 e. The monoisotopic (exact) mass is 454 g/mol. The maximum atomic E-state index is 13.0. The molecule has 9 nitrogen and oxygen atoms in total. The van der Waals surface area contributed by atoms with Crippen LogP contribution in [0, 0.1) is 0 Å². The minimum atomic E-state index is -0.170. The number of aromatic nitrogens is 5. The van der Waals surface area contributed by atoms with Gasteiger partial charge in [0.15, 0.2) is 17.3 Å². The van der Waals surface area contributed by atoms with Gasteiger partial charge in [0.2, 0.25) is 0 Å². The predicted molar refractivity (Wildman–Crippen MR) is 127 cm³/mol. The third kappa shape index (κ3) is 4.73. The third-order valence-corrected chi connectivity index (χ3v) is 6.96. The Hall–Kier alpha value is -2.94. The number of nitrogens with one attached hydrogen (secondary N) is 1. The Morgan fingerprint density at radius 2 is 1.82 bits per heavy atom. The molecule has 0 amide bonds. The Balaban J connectivity index is 1.68. The van der Waals surface area contributed by atoms with E-state index in [2.05, 4.69) is 46.2 Å². The molecule has 0 atom stereocenters. The Bertz CT molecular complexity index is 1160. The normalized spacial score (nSPS) is 15.0. The van der Waals surface area contributed by atoms with Crippen molar-refractivity contribution in [1.29, 1.82) is 0 Å². The molecule has 0 spiro atoms. The molecular weight excluding hydrogens is 420 g/mol. The molecule has 0 saturated heterocycles. The molecule has 3 aromatic rings. The predicted octanol–water partition coefficient (Wildman–Crippen LogP) is 3.62. The van der Waals surface area contributed by atoms with E-state index >= 15 is 0 Å². The van der Waals surface area contributed by atoms with Gasteiger partial charge in [-0.05, 0) is 55.7 Å². The summed E-state index contributed by atoms with van der Waals surface area (Å²) in [6.45, 7) is 7.55. The van der Waals surface area contributed by atoms with Gasteiger partial charge in [-0.1, -0.05) is 19.8 Å². The Labute approximate surface area is 194 Å². The molecule has 1 saturated carbocycles. The molecule has 2 heterocycles.